The van der Waals surface area contributed by atoms with Crippen LogP contribution in [0.5, 0.6) is 0 Å². The van der Waals surface area contributed by atoms with Gasteiger partial charge >= 0.3 is 5.97 Å². The molecule has 0 spiro atoms. The number of halogens is 1. The average Bonchev–Trinajstić information content (AvgIpc) is 3.07. The van der Waals surface area contributed by atoms with E-state index >= 15 is 0 Å². The molecule has 0 aromatic heterocycles. The third-order valence-corrected chi connectivity index (χ3v) is 13.6. The fourth-order valence-electron chi connectivity index (χ4n) is 11.8. The van der Waals surface area contributed by atoms with Gasteiger partial charge in [-0.15, -0.1) is 0 Å². The minimum Gasteiger partial charge on any atom is -0.462 e. The predicted octanol–water partition coefficient (Wildman–Crippen LogP) is 8.77. The lowest BCUT2D eigenvalue weighted by atomic mass is 9.32. The van der Waals surface area contributed by atoms with E-state index in [1.165, 1.54) is 57.8 Å². The zero-order valence-electron chi connectivity index (χ0n) is 22.9. The zero-order valence-corrected chi connectivity index (χ0v) is 23.6. The van der Waals surface area contributed by atoms with E-state index in [0.29, 0.717) is 27.6 Å². The maximum Gasteiger partial charge on any atom is 0.302 e. The van der Waals surface area contributed by atoms with Gasteiger partial charge in [0.15, 0.2) is 0 Å². The number of hydrogen-bond donors (Lipinski definition) is 0. The molecule has 0 heterocycles. The van der Waals surface area contributed by atoms with Crippen molar-refractivity contribution in [3.8, 4) is 0 Å². The van der Waals surface area contributed by atoms with Crippen molar-refractivity contribution in [2.45, 2.75) is 119 Å². The maximum atomic E-state index is 11.9. The summed E-state index contributed by atoms with van der Waals surface area (Å²) in [5.74, 6) is 3.70. The third-order valence-electron chi connectivity index (χ3n) is 13.5. The van der Waals surface area contributed by atoms with Gasteiger partial charge in [0.05, 0.1) is 0 Å². The second-order valence-electron chi connectivity index (χ2n) is 14.7. The molecular formula is C31H49ClO2. The summed E-state index contributed by atoms with van der Waals surface area (Å²) in [4.78, 5) is 11.9. The molecule has 192 valence electrons. The molecular weight excluding hydrogens is 440 g/mol. The molecule has 3 heteroatoms. The Balaban J connectivity index is 1.50. The Morgan fingerprint density at radius 1 is 0.853 bits per heavy atom. The van der Waals surface area contributed by atoms with Crippen LogP contribution in [-0.4, -0.2) is 12.1 Å². The normalized spacial score (nSPS) is 54.0. The van der Waals surface area contributed by atoms with Crippen LogP contribution in [0.25, 0.3) is 0 Å². The van der Waals surface area contributed by atoms with Crippen LogP contribution in [0.2, 0.25) is 0 Å². The number of allylic oxidation sites excluding steroid dienone is 1. The van der Waals surface area contributed by atoms with Gasteiger partial charge in [0, 0.05) is 17.9 Å². The predicted molar refractivity (Wildman–Crippen MR) is 140 cm³/mol. The number of ether oxygens (including phenoxy) is 1. The van der Waals surface area contributed by atoms with Crippen LogP contribution in [0.15, 0.2) is 11.6 Å². The van der Waals surface area contributed by atoms with Crippen molar-refractivity contribution in [2.75, 3.05) is 0 Å². The topological polar surface area (TPSA) is 26.3 Å². The number of rotatable bonds is 2. The molecule has 0 bridgehead atoms. The highest BCUT2D eigenvalue weighted by Gasteiger charge is 2.70. The summed E-state index contributed by atoms with van der Waals surface area (Å²) >= 11 is 6.24. The maximum absolute atomic E-state index is 11.9. The van der Waals surface area contributed by atoms with Crippen molar-refractivity contribution in [2.24, 2.45) is 56.7 Å². The van der Waals surface area contributed by atoms with Crippen LogP contribution in [0.4, 0.5) is 0 Å². The van der Waals surface area contributed by atoms with Gasteiger partial charge in [-0.1, -0.05) is 59.2 Å². The Morgan fingerprint density at radius 3 is 2.26 bits per heavy atom. The number of hydrogen-bond acceptors (Lipinski definition) is 2. The van der Waals surface area contributed by atoms with Crippen LogP contribution in [0.3, 0.4) is 0 Å². The quantitative estimate of drug-likeness (QED) is 0.363. The summed E-state index contributed by atoms with van der Waals surface area (Å²) in [6.07, 6.45) is 15.5. The fraction of sp³-hybridized carbons (Fsp3) is 0.903. The summed E-state index contributed by atoms with van der Waals surface area (Å²) < 4.78 is 5.90. The first kappa shape index (κ1) is 25.2. The monoisotopic (exact) mass is 488 g/mol. The zero-order chi connectivity index (χ0) is 24.7. The van der Waals surface area contributed by atoms with Crippen molar-refractivity contribution < 1.29 is 9.53 Å². The molecule has 0 aliphatic heterocycles. The Morgan fingerprint density at radius 2 is 1.59 bits per heavy atom. The SMILES string of the molecule is CC(=O)OC1CCC2(C)C(CCC3(C)C2CCC2C4C(C)CCC4(/C=C/Cl)CCC23C)C1(C)C. The molecule has 0 amide bonds. The molecule has 0 radical (unpaired) electrons. The molecule has 5 saturated carbocycles. The van der Waals surface area contributed by atoms with E-state index in [-0.39, 0.29) is 17.5 Å². The van der Waals surface area contributed by atoms with Gasteiger partial charge in [-0.25, -0.2) is 0 Å². The second kappa shape index (κ2) is 8.00. The molecule has 10 unspecified atom stereocenters. The first-order valence-corrected chi connectivity index (χ1v) is 14.7. The van der Waals surface area contributed by atoms with E-state index in [1.807, 2.05) is 5.54 Å². The molecule has 10 atom stereocenters. The van der Waals surface area contributed by atoms with Crippen molar-refractivity contribution in [3.63, 3.8) is 0 Å². The Kier molecular flexibility index (Phi) is 5.92. The minimum absolute atomic E-state index is 0.0462. The van der Waals surface area contributed by atoms with Crippen LogP contribution in [0, 0.1) is 56.7 Å². The Bertz CT molecular complexity index is 863. The number of carbonyl (C=O) groups is 1. The lowest BCUT2D eigenvalue weighted by Crippen LogP contribution is -2.66. The van der Waals surface area contributed by atoms with E-state index in [9.17, 15) is 4.79 Å². The lowest BCUT2D eigenvalue weighted by Gasteiger charge is -2.73. The Labute approximate surface area is 214 Å². The summed E-state index contributed by atoms with van der Waals surface area (Å²) in [5, 5.41) is 0. The van der Waals surface area contributed by atoms with Crippen molar-refractivity contribution in [1.82, 2.24) is 0 Å². The molecule has 2 nitrogen and oxygen atoms in total. The first-order valence-electron chi connectivity index (χ1n) is 14.3. The second-order valence-corrected chi connectivity index (χ2v) is 14.9. The van der Waals surface area contributed by atoms with Gasteiger partial charge < -0.3 is 4.74 Å². The van der Waals surface area contributed by atoms with Crippen LogP contribution < -0.4 is 0 Å². The summed E-state index contributed by atoms with van der Waals surface area (Å²) in [5.41, 5.74) is 3.38. The van der Waals surface area contributed by atoms with Crippen LogP contribution in [-0.2, 0) is 9.53 Å². The van der Waals surface area contributed by atoms with Gasteiger partial charge in [0.2, 0.25) is 0 Å². The van der Waals surface area contributed by atoms with Gasteiger partial charge in [0.1, 0.15) is 6.10 Å². The molecule has 5 aliphatic carbocycles. The third kappa shape index (κ3) is 3.15. The highest BCUT2D eigenvalue weighted by molar-refractivity contribution is 6.25. The standard InChI is InChI=1S/C31H49ClO2/c1-20-10-15-31(18-19-32)17-16-29(6)22(26(20)31)8-9-24-28(5)13-12-25(34-21(2)33)27(3,4)23(28)11-14-30(24,29)7/h18-20,22-26H,8-17H2,1-7H3/b19-18+. The summed E-state index contributed by atoms with van der Waals surface area (Å²) in [6.45, 7) is 17.0. The lowest BCUT2D eigenvalue weighted by molar-refractivity contribution is -0.247. The van der Waals surface area contributed by atoms with E-state index in [4.69, 9.17) is 16.3 Å². The number of esters is 1. The van der Waals surface area contributed by atoms with E-state index in [0.717, 1.165) is 30.1 Å². The minimum atomic E-state index is -0.113. The van der Waals surface area contributed by atoms with Gasteiger partial charge in [-0.2, -0.15) is 0 Å². The molecule has 5 rings (SSSR count). The van der Waals surface area contributed by atoms with Crippen molar-refractivity contribution >= 4 is 17.6 Å². The fourth-order valence-corrected chi connectivity index (χ4v) is 12.1. The number of fused-ring (bicyclic) bond motifs is 7. The van der Waals surface area contributed by atoms with E-state index < -0.39 is 0 Å². The number of carbonyl (C=O) groups excluding carboxylic acids is 1. The molecule has 0 saturated heterocycles. The summed E-state index contributed by atoms with van der Waals surface area (Å²) in [7, 11) is 0. The first-order chi connectivity index (χ1) is 15.9. The van der Waals surface area contributed by atoms with Crippen molar-refractivity contribution in [1.29, 1.82) is 0 Å². The molecule has 0 aromatic carbocycles. The average molecular weight is 489 g/mol. The summed E-state index contributed by atoms with van der Waals surface area (Å²) in [6, 6.07) is 0. The molecule has 0 aromatic rings. The van der Waals surface area contributed by atoms with Gasteiger partial charge in [-0.05, 0) is 115 Å². The molecule has 0 N–H and O–H groups in total. The van der Waals surface area contributed by atoms with Crippen LogP contribution >= 0.6 is 11.6 Å². The van der Waals surface area contributed by atoms with E-state index in [2.05, 4.69) is 47.6 Å². The largest absolute Gasteiger partial charge is 0.462 e. The highest BCUT2D eigenvalue weighted by atomic mass is 35.5. The van der Waals surface area contributed by atoms with Crippen molar-refractivity contribution in [3.05, 3.63) is 11.6 Å². The van der Waals surface area contributed by atoms with Gasteiger partial charge in [-0.3, -0.25) is 4.79 Å². The molecule has 5 fully saturated rings. The Hall–Kier alpha value is -0.500. The van der Waals surface area contributed by atoms with Crippen LogP contribution in [0.1, 0.15) is 113 Å². The van der Waals surface area contributed by atoms with E-state index in [1.54, 1.807) is 6.92 Å². The molecule has 5 aliphatic rings. The highest BCUT2D eigenvalue weighted by Crippen LogP contribution is 2.77. The van der Waals surface area contributed by atoms with Gasteiger partial charge in [0.25, 0.3) is 0 Å². The smallest absolute Gasteiger partial charge is 0.302 e. The molecule has 34 heavy (non-hydrogen) atoms.